The van der Waals surface area contributed by atoms with Crippen molar-refractivity contribution in [1.29, 1.82) is 0 Å². The number of hydrogen-bond acceptors (Lipinski definition) is 5. The number of fused-ring (bicyclic) bond motifs is 6. The number of carbonyl (C=O) groups excluding carboxylic acids is 4. The Kier molecular flexibility index (Phi) is 10.8. The molecule has 0 aromatic heterocycles. The SMILES string of the molecule is CC(C)CC(=O)N[C@H]1CCCN(C)C(=O)c2cccc(c2)-c2ccccc2OC[C@@H]2C[C@H](NC(=O)Cc3ccc4ccccc4c3)CN2C1=O. The Bertz CT molecular complexity index is 1870. The second-order valence-corrected chi connectivity index (χ2v) is 14.0. The number of nitrogens with one attached hydrogen (secondary N) is 2. The summed E-state index contributed by atoms with van der Waals surface area (Å²) < 4.78 is 6.47. The number of carbonyl (C=O) groups is 4. The maximum atomic E-state index is 14.4. The summed E-state index contributed by atoms with van der Waals surface area (Å²) >= 11 is 0. The fourth-order valence-corrected chi connectivity index (χ4v) is 7.03. The van der Waals surface area contributed by atoms with Crippen molar-refractivity contribution in [3.05, 3.63) is 102 Å². The second kappa shape index (κ2) is 15.6. The number of rotatable bonds is 6. The molecule has 50 heavy (non-hydrogen) atoms. The molecule has 2 aliphatic rings. The molecule has 0 saturated carbocycles. The largest absolute Gasteiger partial charge is 0.491 e. The lowest BCUT2D eigenvalue weighted by Crippen LogP contribution is -2.52. The van der Waals surface area contributed by atoms with Crippen LogP contribution in [0.1, 0.15) is 55.5 Å². The van der Waals surface area contributed by atoms with Crippen LogP contribution in [0.25, 0.3) is 21.9 Å². The third-order valence-electron chi connectivity index (χ3n) is 9.54. The van der Waals surface area contributed by atoms with E-state index in [0.29, 0.717) is 50.1 Å². The molecule has 3 atom stereocenters. The van der Waals surface area contributed by atoms with E-state index in [-0.39, 0.29) is 54.7 Å². The zero-order valence-electron chi connectivity index (χ0n) is 29.1. The highest BCUT2D eigenvalue weighted by molar-refractivity contribution is 5.95. The fourth-order valence-electron chi connectivity index (χ4n) is 7.03. The van der Waals surface area contributed by atoms with Gasteiger partial charge in [-0.2, -0.15) is 0 Å². The van der Waals surface area contributed by atoms with E-state index in [2.05, 4.69) is 10.6 Å². The molecule has 2 aliphatic heterocycles. The number of hydrogen-bond donors (Lipinski definition) is 2. The third kappa shape index (κ3) is 8.33. The molecule has 0 spiro atoms. The first kappa shape index (κ1) is 34.7. The lowest BCUT2D eigenvalue weighted by atomic mass is 10.0. The maximum absolute atomic E-state index is 14.4. The van der Waals surface area contributed by atoms with Crippen molar-refractivity contribution in [1.82, 2.24) is 20.4 Å². The molecule has 2 heterocycles. The number of ether oxygens (including phenoxy) is 1. The smallest absolute Gasteiger partial charge is 0.253 e. The van der Waals surface area contributed by atoms with E-state index in [0.717, 1.165) is 27.5 Å². The van der Waals surface area contributed by atoms with E-state index in [9.17, 15) is 19.2 Å². The molecule has 4 aromatic rings. The molecule has 9 heteroatoms. The normalized spacial score (nSPS) is 19.9. The second-order valence-electron chi connectivity index (χ2n) is 14.0. The van der Waals surface area contributed by atoms with Crippen LogP contribution >= 0.6 is 0 Å². The summed E-state index contributed by atoms with van der Waals surface area (Å²) in [6.45, 7) is 4.85. The summed E-state index contributed by atoms with van der Waals surface area (Å²) in [7, 11) is 1.76. The van der Waals surface area contributed by atoms with Gasteiger partial charge in [-0.25, -0.2) is 0 Å². The molecule has 2 N–H and O–H groups in total. The van der Waals surface area contributed by atoms with Crippen LogP contribution in [-0.4, -0.2) is 78.3 Å². The van der Waals surface area contributed by atoms with Gasteiger partial charge in [0.05, 0.1) is 12.5 Å². The highest BCUT2D eigenvalue weighted by atomic mass is 16.5. The van der Waals surface area contributed by atoms with Gasteiger partial charge in [0.25, 0.3) is 5.91 Å². The van der Waals surface area contributed by atoms with Crippen molar-refractivity contribution in [3.63, 3.8) is 0 Å². The molecule has 0 aliphatic carbocycles. The van der Waals surface area contributed by atoms with E-state index in [1.807, 2.05) is 98.8 Å². The Labute approximate surface area is 294 Å². The molecule has 260 valence electrons. The zero-order valence-corrected chi connectivity index (χ0v) is 29.1. The molecule has 1 fully saturated rings. The number of nitrogens with zero attached hydrogens (tertiary/aromatic N) is 2. The van der Waals surface area contributed by atoms with E-state index in [4.69, 9.17) is 4.74 Å². The summed E-state index contributed by atoms with van der Waals surface area (Å²) in [5, 5.41) is 8.38. The minimum Gasteiger partial charge on any atom is -0.491 e. The molecule has 9 nitrogen and oxygen atoms in total. The highest BCUT2D eigenvalue weighted by Crippen LogP contribution is 2.32. The van der Waals surface area contributed by atoms with Crippen molar-refractivity contribution < 1.29 is 23.9 Å². The monoisotopic (exact) mass is 674 g/mol. The minimum absolute atomic E-state index is 0.114. The Hall–Kier alpha value is -5.18. The van der Waals surface area contributed by atoms with Crippen molar-refractivity contribution in [2.45, 2.75) is 64.1 Å². The molecular formula is C41H46N4O5. The predicted molar refractivity (Wildman–Crippen MR) is 195 cm³/mol. The maximum Gasteiger partial charge on any atom is 0.253 e. The van der Waals surface area contributed by atoms with Gasteiger partial charge in [0.15, 0.2) is 0 Å². The Balaban J connectivity index is 1.26. The lowest BCUT2D eigenvalue weighted by molar-refractivity contribution is -0.138. The van der Waals surface area contributed by atoms with Gasteiger partial charge in [0, 0.05) is 43.7 Å². The van der Waals surface area contributed by atoms with Gasteiger partial charge in [0.2, 0.25) is 17.7 Å². The van der Waals surface area contributed by atoms with Crippen LogP contribution in [-0.2, 0) is 20.8 Å². The Morgan fingerprint density at radius 3 is 2.44 bits per heavy atom. The Morgan fingerprint density at radius 1 is 0.860 bits per heavy atom. The summed E-state index contributed by atoms with van der Waals surface area (Å²) in [5.74, 6) is 0.140. The van der Waals surface area contributed by atoms with Crippen LogP contribution in [0, 0.1) is 5.92 Å². The van der Waals surface area contributed by atoms with E-state index >= 15 is 0 Å². The summed E-state index contributed by atoms with van der Waals surface area (Å²) in [5.41, 5.74) is 3.18. The molecule has 2 bridgehead atoms. The van der Waals surface area contributed by atoms with Crippen LogP contribution in [0.3, 0.4) is 0 Å². The van der Waals surface area contributed by atoms with Crippen LogP contribution in [0.15, 0.2) is 91.0 Å². The van der Waals surface area contributed by atoms with E-state index < -0.39 is 6.04 Å². The molecule has 6 rings (SSSR count). The van der Waals surface area contributed by atoms with Crippen molar-refractivity contribution >= 4 is 34.4 Å². The van der Waals surface area contributed by atoms with Gasteiger partial charge < -0.3 is 25.2 Å². The van der Waals surface area contributed by atoms with Gasteiger partial charge in [0.1, 0.15) is 18.4 Å². The van der Waals surface area contributed by atoms with Crippen LogP contribution in [0.4, 0.5) is 0 Å². The van der Waals surface area contributed by atoms with Gasteiger partial charge in [-0.1, -0.05) is 86.6 Å². The number of para-hydroxylation sites is 1. The number of amides is 4. The predicted octanol–water partition coefficient (Wildman–Crippen LogP) is 5.61. The molecule has 0 radical (unpaired) electrons. The molecule has 1 saturated heterocycles. The first-order valence-corrected chi connectivity index (χ1v) is 17.6. The lowest BCUT2D eigenvalue weighted by Gasteiger charge is -2.30. The van der Waals surface area contributed by atoms with Crippen molar-refractivity contribution in [2.75, 3.05) is 26.7 Å². The summed E-state index contributed by atoms with van der Waals surface area (Å²) in [6, 6.07) is 27.9. The molecule has 4 amide bonds. The first-order valence-electron chi connectivity index (χ1n) is 17.6. The van der Waals surface area contributed by atoms with Crippen LogP contribution in [0.2, 0.25) is 0 Å². The average Bonchev–Trinajstić information content (AvgIpc) is 3.51. The van der Waals surface area contributed by atoms with Gasteiger partial charge in [-0.15, -0.1) is 0 Å². The zero-order chi connectivity index (χ0) is 35.2. The summed E-state index contributed by atoms with van der Waals surface area (Å²) in [4.78, 5) is 57.6. The van der Waals surface area contributed by atoms with Crippen molar-refractivity contribution in [2.24, 2.45) is 5.92 Å². The number of benzene rings is 4. The van der Waals surface area contributed by atoms with Crippen molar-refractivity contribution in [3.8, 4) is 16.9 Å². The minimum atomic E-state index is -0.775. The molecule has 4 aromatic carbocycles. The average molecular weight is 675 g/mol. The van der Waals surface area contributed by atoms with E-state index in [1.165, 1.54) is 0 Å². The van der Waals surface area contributed by atoms with Gasteiger partial charge in [-0.3, -0.25) is 19.2 Å². The standard InChI is InChI=1S/C41H46N4O5/c1-27(2)20-38(46)43-36-15-9-19-44(3)40(48)32-13-8-12-31(23-32)35-14-6-7-16-37(35)50-26-34-24-33(25-45(34)41(36)49)42-39(47)22-28-17-18-29-10-4-5-11-30(29)21-28/h4-8,10-14,16-18,21,23,27,33-34,36H,9,15,19-20,22,24-26H2,1-3H3,(H,42,47)(H,43,46)/t33-,34-,36-/m0/s1. The first-order chi connectivity index (χ1) is 24.1. The molecular weight excluding hydrogens is 628 g/mol. The van der Waals surface area contributed by atoms with Crippen LogP contribution in [0.5, 0.6) is 5.75 Å². The van der Waals surface area contributed by atoms with Gasteiger partial charge in [-0.05, 0) is 65.3 Å². The fraction of sp³-hybridized carbons (Fsp3) is 0.366. The Morgan fingerprint density at radius 2 is 1.62 bits per heavy atom. The topological polar surface area (TPSA) is 108 Å². The quantitative estimate of drug-likeness (QED) is 0.277. The van der Waals surface area contributed by atoms with Crippen LogP contribution < -0.4 is 15.4 Å². The highest BCUT2D eigenvalue weighted by Gasteiger charge is 2.39. The van der Waals surface area contributed by atoms with E-state index in [1.54, 1.807) is 22.9 Å². The molecule has 0 unspecified atom stereocenters. The third-order valence-corrected chi connectivity index (χ3v) is 9.54. The van der Waals surface area contributed by atoms with Gasteiger partial charge >= 0.3 is 0 Å². The summed E-state index contributed by atoms with van der Waals surface area (Å²) in [6.07, 6.45) is 1.92.